The van der Waals surface area contributed by atoms with Gasteiger partial charge in [0.15, 0.2) is 0 Å². The molecule has 0 saturated carbocycles. The zero-order valence-corrected chi connectivity index (χ0v) is 6.22. The van der Waals surface area contributed by atoms with Crippen LogP contribution < -0.4 is 0 Å². The third-order valence-electron chi connectivity index (χ3n) is 1.07. The summed E-state index contributed by atoms with van der Waals surface area (Å²) in [6.07, 6.45) is 0. The number of allylic oxidation sites excluding steroid dienone is 1. The number of aliphatic carboxylic acids is 1. The third-order valence-corrected chi connectivity index (χ3v) is 1.07. The van der Waals surface area contributed by atoms with E-state index < -0.39 is 5.97 Å². The second kappa shape index (κ2) is 3.82. The first-order valence-electron chi connectivity index (χ1n) is 2.92. The van der Waals surface area contributed by atoms with E-state index in [-0.39, 0.29) is 6.54 Å². The molecule has 3 heteroatoms. The van der Waals surface area contributed by atoms with Crippen molar-refractivity contribution < 1.29 is 9.90 Å². The molecule has 0 aliphatic heterocycles. The van der Waals surface area contributed by atoms with E-state index in [0.29, 0.717) is 5.71 Å². The van der Waals surface area contributed by atoms with Gasteiger partial charge in [0.05, 0.1) is 0 Å². The van der Waals surface area contributed by atoms with Gasteiger partial charge < -0.3 is 5.11 Å². The van der Waals surface area contributed by atoms with Gasteiger partial charge in [-0.1, -0.05) is 6.58 Å². The molecule has 0 aromatic heterocycles. The zero-order valence-electron chi connectivity index (χ0n) is 6.22. The van der Waals surface area contributed by atoms with Gasteiger partial charge in [-0.2, -0.15) is 0 Å². The summed E-state index contributed by atoms with van der Waals surface area (Å²) >= 11 is 0. The Morgan fingerprint density at radius 3 is 2.40 bits per heavy atom. The van der Waals surface area contributed by atoms with Crippen molar-refractivity contribution in [1.82, 2.24) is 0 Å². The molecular weight excluding hydrogens is 130 g/mol. The van der Waals surface area contributed by atoms with Crippen LogP contribution in [0.25, 0.3) is 0 Å². The number of rotatable bonds is 3. The van der Waals surface area contributed by atoms with E-state index in [2.05, 4.69) is 11.6 Å². The zero-order chi connectivity index (χ0) is 8.15. The predicted octanol–water partition coefficient (Wildman–Crippen LogP) is 1.11. The van der Waals surface area contributed by atoms with Gasteiger partial charge in [-0.25, -0.2) is 0 Å². The first-order chi connectivity index (χ1) is 4.54. The molecule has 1 N–H and O–H groups in total. The molecule has 0 unspecified atom stereocenters. The Labute approximate surface area is 60.1 Å². The molecule has 0 aromatic carbocycles. The maximum Gasteiger partial charge on any atom is 0.325 e. The molecule has 0 heterocycles. The van der Waals surface area contributed by atoms with Crippen molar-refractivity contribution in [2.75, 3.05) is 6.54 Å². The van der Waals surface area contributed by atoms with Gasteiger partial charge in [0, 0.05) is 5.71 Å². The van der Waals surface area contributed by atoms with Crippen LogP contribution >= 0.6 is 0 Å². The van der Waals surface area contributed by atoms with E-state index >= 15 is 0 Å². The van der Waals surface area contributed by atoms with Crippen LogP contribution in [0, 0.1) is 0 Å². The fourth-order valence-corrected chi connectivity index (χ4v) is 0.321. The van der Waals surface area contributed by atoms with E-state index in [4.69, 9.17) is 5.11 Å². The molecule has 0 aromatic rings. The molecule has 10 heavy (non-hydrogen) atoms. The van der Waals surface area contributed by atoms with Gasteiger partial charge in [0.1, 0.15) is 6.54 Å². The van der Waals surface area contributed by atoms with Crippen LogP contribution in [0.5, 0.6) is 0 Å². The number of hydrogen-bond acceptors (Lipinski definition) is 2. The molecule has 0 aliphatic carbocycles. The second-order valence-electron chi connectivity index (χ2n) is 2.08. The summed E-state index contributed by atoms with van der Waals surface area (Å²) in [4.78, 5) is 13.7. The number of hydrogen-bond donors (Lipinski definition) is 1. The van der Waals surface area contributed by atoms with E-state index in [1.807, 2.05) is 0 Å². The highest BCUT2D eigenvalue weighted by Gasteiger charge is 1.94. The molecular formula is C7H11NO2. The largest absolute Gasteiger partial charge is 0.480 e. The number of carbonyl (C=O) groups is 1. The minimum atomic E-state index is -0.916. The predicted molar refractivity (Wildman–Crippen MR) is 40.4 cm³/mol. The van der Waals surface area contributed by atoms with Gasteiger partial charge >= 0.3 is 5.97 Å². The molecule has 0 bridgehead atoms. The average Bonchev–Trinajstić information content (AvgIpc) is 1.82. The van der Waals surface area contributed by atoms with Gasteiger partial charge in [-0.15, -0.1) is 0 Å². The second-order valence-corrected chi connectivity index (χ2v) is 2.08. The minimum Gasteiger partial charge on any atom is -0.480 e. The van der Waals surface area contributed by atoms with E-state index in [1.54, 1.807) is 13.8 Å². The lowest BCUT2D eigenvalue weighted by molar-refractivity contribution is -0.135. The van der Waals surface area contributed by atoms with Gasteiger partial charge in [0.25, 0.3) is 0 Å². The van der Waals surface area contributed by atoms with Crippen molar-refractivity contribution in [3.8, 4) is 0 Å². The highest BCUT2D eigenvalue weighted by atomic mass is 16.4. The maximum atomic E-state index is 9.99. The molecule has 0 fully saturated rings. The number of carboxylic acids is 1. The van der Waals surface area contributed by atoms with E-state index in [1.165, 1.54) is 0 Å². The Morgan fingerprint density at radius 2 is 2.10 bits per heavy atom. The summed E-state index contributed by atoms with van der Waals surface area (Å²) in [5.41, 5.74) is 1.50. The van der Waals surface area contributed by atoms with Crippen molar-refractivity contribution >= 4 is 11.7 Å². The third kappa shape index (κ3) is 3.83. The average molecular weight is 141 g/mol. The van der Waals surface area contributed by atoms with Crippen LogP contribution in [0.4, 0.5) is 0 Å². The molecule has 0 spiro atoms. The Bertz CT molecular complexity index is 182. The fraction of sp³-hybridized carbons (Fsp3) is 0.429. The Balaban J connectivity index is 3.92. The molecule has 0 rings (SSSR count). The quantitative estimate of drug-likeness (QED) is 0.598. The van der Waals surface area contributed by atoms with Crippen molar-refractivity contribution in [3.63, 3.8) is 0 Å². The highest BCUT2D eigenvalue weighted by molar-refractivity contribution is 5.97. The van der Waals surface area contributed by atoms with Crippen LogP contribution in [-0.2, 0) is 4.79 Å². The number of aliphatic imine (C=N–C) groups is 1. The van der Waals surface area contributed by atoms with E-state index in [0.717, 1.165) is 5.57 Å². The lowest BCUT2D eigenvalue weighted by Gasteiger charge is -1.94. The molecule has 3 nitrogen and oxygen atoms in total. The summed E-state index contributed by atoms with van der Waals surface area (Å²) in [7, 11) is 0. The molecule has 0 aliphatic rings. The van der Waals surface area contributed by atoms with Gasteiger partial charge in [-0.05, 0) is 19.4 Å². The Morgan fingerprint density at radius 1 is 1.60 bits per heavy atom. The first-order valence-corrected chi connectivity index (χ1v) is 2.92. The Hall–Kier alpha value is -1.12. The molecule has 0 amide bonds. The smallest absolute Gasteiger partial charge is 0.325 e. The topological polar surface area (TPSA) is 49.7 Å². The van der Waals surface area contributed by atoms with Gasteiger partial charge in [0.2, 0.25) is 0 Å². The number of carboxylic acid groups (broad SMARTS) is 1. The fourth-order valence-electron chi connectivity index (χ4n) is 0.321. The van der Waals surface area contributed by atoms with Crippen molar-refractivity contribution in [1.29, 1.82) is 0 Å². The van der Waals surface area contributed by atoms with Crippen LogP contribution in [-0.4, -0.2) is 23.3 Å². The van der Waals surface area contributed by atoms with Crippen molar-refractivity contribution in [2.24, 2.45) is 4.99 Å². The summed E-state index contributed by atoms with van der Waals surface area (Å²) < 4.78 is 0. The lowest BCUT2D eigenvalue weighted by atomic mass is 10.2. The van der Waals surface area contributed by atoms with Crippen molar-refractivity contribution in [3.05, 3.63) is 12.2 Å². The van der Waals surface area contributed by atoms with Crippen LogP contribution in [0.15, 0.2) is 17.1 Å². The van der Waals surface area contributed by atoms with Crippen LogP contribution in [0.1, 0.15) is 13.8 Å². The molecule has 0 radical (unpaired) electrons. The molecule has 0 atom stereocenters. The van der Waals surface area contributed by atoms with Crippen molar-refractivity contribution in [2.45, 2.75) is 13.8 Å². The monoisotopic (exact) mass is 141 g/mol. The molecule has 56 valence electrons. The normalized spacial score (nSPS) is 11.2. The maximum absolute atomic E-state index is 9.99. The highest BCUT2D eigenvalue weighted by Crippen LogP contribution is 1.91. The van der Waals surface area contributed by atoms with Crippen LogP contribution in [0.2, 0.25) is 0 Å². The molecule has 0 saturated heterocycles. The van der Waals surface area contributed by atoms with E-state index in [9.17, 15) is 4.79 Å². The van der Waals surface area contributed by atoms with Crippen LogP contribution in [0.3, 0.4) is 0 Å². The first kappa shape index (κ1) is 8.88. The summed E-state index contributed by atoms with van der Waals surface area (Å²) in [5.74, 6) is -0.916. The lowest BCUT2D eigenvalue weighted by Crippen LogP contribution is -2.02. The minimum absolute atomic E-state index is 0.168. The summed E-state index contributed by atoms with van der Waals surface area (Å²) in [5, 5.41) is 8.21. The summed E-state index contributed by atoms with van der Waals surface area (Å²) in [6, 6.07) is 0. The Kier molecular flexibility index (Phi) is 3.39. The standard InChI is InChI=1S/C7H11NO2/c1-5(2)6(3)8-4-7(9)10/h1,4H2,2-3H3,(H,9,10). The number of nitrogens with zero attached hydrogens (tertiary/aromatic N) is 1. The summed E-state index contributed by atoms with van der Waals surface area (Å²) in [6.45, 7) is 6.97. The SMILES string of the molecule is C=C(C)C(C)=NCC(=O)O. The van der Waals surface area contributed by atoms with Gasteiger partial charge in [-0.3, -0.25) is 9.79 Å².